The molecule has 9 rings (SSSR count). The summed E-state index contributed by atoms with van der Waals surface area (Å²) in [7, 11) is -5.25. The Labute approximate surface area is 495 Å². The maximum atomic E-state index is 16.5. The van der Waals surface area contributed by atoms with E-state index in [1.165, 1.54) is 12.1 Å². The Kier molecular flexibility index (Phi) is 20.9. The van der Waals surface area contributed by atoms with E-state index in [1.54, 1.807) is 15.5 Å². The fraction of sp³-hybridized carbons (Fsp3) is 0.567. The minimum absolute atomic E-state index is 0.0206. The second kappa shape index (κ2) is 27.9. The van der Waals surface area contributed by atoms with Crippen LogP contribution in [-0.2, 0) is 54.6 Å². The third-order valence-electron chi connectivity index (χ3n) is 16.5. The molecule has 448 valence electrons. The lowest BCUT2D eigenvalue weighted by atomic mass is 9.90. The van der Waals surface area contributed by atoms with Crippen LogP contribution >= 0.6 is 42.5 Å². The number of piperidine rings is 1. The largest absolute Gasteiger partial charge is 0.494 e. The summed E-state index contributed by atoms with van der Waals surface area (Å²) >= 11 is 2.84. The van der Waals surface area contributed by atoms with Gasteiger partial charge in [-0.05, 0) is 136 Å². The third-order valence-corrected chi connectivity index (χ3v) is 21.4. The lowest BCUT2D eigenvalue weighted by molar-refractivity contribution is -0.148. The Balaban J connectivity index is 0.790. The summed E-state index contributed by atoms with van der Waals surface area (Å²) < 4.78 is 65.9. The van der Waals surface area contributed by atoms with E-state index in [1.807, 2.05) is 55.3 Å². The summed E-state index contributed by atoms with van der Waals surface area (Å²) in [6.45, 7) is 4.26. The van der Waals surface area contributed by atoms with E-state index in [-0.39, 0.29) is 84.6 Å². The number of unbranched alkanes of at least 4 members (excludes halogenated alkanes) is 2. The highest BCUT2D eigenvalue weighted by Crippen LogP contribution is 2.67. The average molecular weight is 1220 g/mol. The normalized spacial score (nSPS) is 21.6. The van der Waals surface area contributed by atoms with E-state index in [4.69, 9.17) is 13.8 Å². The van der Waals surface area contributed by atoms with Gasteiger partial charge in [0, 0.05) is 83.9 Å². The molecule has 1 saturated carbocycles. The second-order valence-corrected chi connectivity index (χ2v) is 27.8. The highest BCUT2D eigenvalue weighted by molar-refractivity contribution is 8.13. The van der Waals surface area contributed by atoms with Crippen LogP contribution in [0.15, 0.2) is 71.7 Å². The molecule has 4 aromatic rings. The highest BCUT2D eigenvalue weighted by Gasteiger charge is 2.59. The SMILES string of the molecule is CCCC(=O)SCCOP(=O)(OCCSC(=O)CCC)C(F)(F)c1ccc2sc(C(=O)NC3CCCC[C@H]4CC[C@@H](C(=O)N5C[C@@H](c6ccn(CCCCCOc7ccc(C8CCC(=O)NC8=O)cc7)c(=O)c6)CC56CC6)N4C3=O)cc2c1. The topological polar surface area (TPSA) is 217 Å². The molecule has 4 aliphatic heterocycles. The maximum absolute atomic E-state index is 16.5. The van der Waals surface area contributed by atoms with Gasteiger partial charge in [-0.25, -0.2) is 0 Å². The molecule has 2 aromatic carbocycles. The van der Waals surface area contributed by atoms with Crippen LogP contribution in [0.2, 0.25) is 0 Å². The number of aromatic nitrogens is 1. The van der Waals surface area contributed by atoms with Crippen molar-refractivity contribution in [3.63, 3.8) is 0 Å². The van der Waals surface area contributed by atoms with Crippen molar-refractivity contribution in [2.45, 2.75) is 177 Å². The van der Waals surface area contributed by atoms with Gasteiger partial charge in [0.1, 0.15) is 17.8 Å². The quantitative estimate of drug-likeness (QED) is 0.0340. The van der Waals surface area contributed by atoms with E-state index in [0.717, 1.165) is 109 Å². The maximum Gasteiger partial charge on any atom is 0.404 e. The smallest absolute Gasteiger partial charge is 0.404 e. The lowest BCUT2D eigenvalue weighted by Crippen LogP contribution is -2.57. The Morgan fingerprint density at radius 1 is 0.819 bits per heavy atom. The molecule has 1 spiro atoms. The van der Waals surface area contributed by atoms with Gasteiger partial charge in [0.2, 0.25) is 23.6 Å². The van der Waals surface area contributed by atoms with Crippen LogP contribution in [0, 0.1) is 0 Å². The molecule has 1 aliphatic carbocycles. The molecular weight excluding hydrogens is 1150 g/mol. The van der Waals surface area contributed by atoms with E-state index >= 15 is 8.78 Å². The first-order valence-corrected chi connectivity index (χ1v) is 33.6. The fourth-order valence-electron chi connectivity index (χ4n) is 11.9. The lowest BCUT2D eigenvalue weighted by Gasteiger charge is -2.37. The van der Waals surface area contributed by atoms with Gasteiger partial charge >= 0.3 is 13.3 Å². The first kappa shape index (κ1) is 62.3. The van der Waals surface area contributed by atoms with E-state index in [0.29, 0.717) is 94.4 Å². The Hall–Kier alpha value is -5.25. The molecule has 4 saturated heterocycles. The molecule has 17 nitrogen and oxygen atoms in total. The van der Waals surface area contributed by atoms with E-state index in [2.05, 4.69) is 10.6 Å². The molecule has 83 heavy (non-hydrogen) atoms. The van der Waals surface area contributed by atoms with Crippen LogP contribution in [0.4, 0.5) is 8.78 Å². The zero-order valence-corrected chi connectivity index (χ0v) is 50.4. The number of nitrogens with zero attached hydrogens (tertiary/aromatic N) is 3. The summed E-state index contributed by atoms with van der Waals surface area (Å²) in [5.74, 6) is -1.25. The van der Waals surface area contributed by atoms with Crippen molar-refractivity contribution >= 4 is 92.3 Å². The number of hydrogen-bond donors (Lipinski definition) is 2. The fourth-order valence-corrected chi connectivity index (χ4v) is 16.1. The molecule has 5 atom stereocenters. The second-order valence-electron chi connectivity index (χ2n) is 22.4. The average Bonchev–Trinajstić information content (AvgIpc) is 2.15. The number of carbonyl (C=O) groups is 7. The third kappa shape index (κ3) is 14.9. The summed E-state index contributed by atoms with van der Waals surface area (Å²) in [6, 6.07) is 14.3. The van der Waals surface area contributed by atoms with Gasteiger partial charge in [-0.1, -0.05) is 68.4 Å². The first-order chi connectivity index (χ1) is 39.9. The molecule has 2 aromatic heterocycles. The predicted molar refractivity (Wildman–Crippen MR) is 316 cm³/mol. The van der Waals surface area contributed by atoms with Crippen LogP contribution in [-0.4, -0.2) is 116 Å². The van der Waals surface area contributed by atoms with Gasteiger partial charge in [-0.15, -0.1) is 11.3 Å². The number of thiophene rings is 1. The number of ether oxygens (including phenoxy) is 1. The minimum Gasteiger partial charge on any atom is -0.494 e. The minimum atomic E-state index is -5.25. The number of benzene rings is 2. The van der Waals surface area contributed by atoms with Crippen LogP contribution in [0.25, 0.3) is 10.1 Å². The summed E-state index contributed by atoms with van der Waals surface area (Å²) in [4.78, 5) is 109. The van der Waals surface area contributed by atoms with E-state index < -0.39 is 50.0 Å². The molecule has 23 heteroatoms. The summed E-state index contributed by atoms with van der Waals surface area (Å²) in [6.07, 6.45) is 13.0. The van der Waals surface area contributed by atoms with Gasteiger partial charge in [0.05, 0.1) is 30.6 Å². The number of nitrogens with one attached hydrogen (secondary N) is 2. The molecule has 5 fully saturated rings. The number of likely N-dealkylation sites (tertiary alicyclic amines) is 1. The van der Waals surface area contributed by atoms with Crippen LogP contribution in [0.3, 0.4) is 0 Å². The highest BCUT2D eigenvalue weighted by atomic mass is 32.2. The van der Waals surface area contributed by atoms with Crippen molar-refractivity contribution in [2.24, 2.45) is 0 Å². The first-order valence-electron chi connectivity index (χ1n) is 29.3. The predicted octanol–water partition coefficient (Wildman–Crippen LogP) is 10.8. The van der Waals surface area contributed by atoms with Gasteiger partial charge in [0.15, 0.2) is 10.2 Å². The van der Waals surface area contributed by atoms with E-state index in [9.17, 15) is 42.9 Å². The number of amides is 5. The monoisotopic (exact) mass is 1220 g/mol. The molecule has 2 N–H and O–H groups in total. The number of pyridine rings is 1. The summed E-state index contributed by atoms with van der Waals surface area (Å²) in [5.41, 5.74) is -3.53. The van der Waals surface area contributed by atoms with Gasteiger partial charge in [0.25, 0.3) is 11.5 Å². The number of rotatable bonds is 26. The number of aryl methyl sites for hydroxylation is 1. The number of alkyl halides is 2. The van der Waals surface area contributed by atoms with Crippen LogP contribution in [0.1, 0.15) is 168 Å². The molecule has 0 radical (unpaired) electrons. The van der Waals surface area contributed by atoms with Crippen molar-refractivity contribution < 1.29 is 60.7 Å². The van der Waals surface area contributed by atoms with Crippen molar-refractivity contribution in [1.82, 2.24) is 25.0 Å². The molecule has 5 amide bonds. The summed E-state index contributed by atoms with van der Waals surface area (Å²) in [5, 5.41) is 5.30. The van der Waals surface area contributed by atoms with Crippen molar-refractivity contribution in [3.05, 3.63) is 98.8 Å². The van der Waals surface area contributed by atoms with Crippen molar-refractivity contribution in [2.75, 3.05) is 37.9 Å². The molecular formula is C60H74F2N5O12PS3. The molecule has 2 unspecified atom stereocenters. The molecule has 6 heterocycles. The number of halogens is 2. The van der Waals surface area contributed by atoms with Crippen LogP contribution < -0.4 is 20.9 Å². The van der Waals surface area contributed by atoms with Gasteiger partial charge in [-0.3, -0.25) is 48.2 Å². The molecule has 0 bridgehead atoms. The van der Waals surface area contributed by atoms with Crippen molar-refractivity contribution in [1.29, 1.82) is 0 Å². The number of hydrogen-bond acceptors (Lipinski definition) is 15. The number of imide groups is 1. The number of thioether (sulfide) groups is 2. The number of carbonyl (C=O) groups excluding carboxylic acids is 7. The zero-order chi connectivity index (χ0) is 58.9. The standard InChI is InChI=1S/C60H74F2N5O12PS3/c1-3-10-53(70)81-32-30-78-80(76,79-31-33-82-54(71)11-4-2)60(61,62)43-16-22-49-41(34-43)35-50(83-49)56(73)63-47-13-7-6-12-44-17-21-48(67(44)57(47)74)58(75)66-38-42(37-59(66)25-26-59)40-24-28-65(52(69)36-40)27-8-5-9-29-77-45-18-14-39(15-19-45)46-20-23-51(68)64-55(46)72/h14-16,18-19,22,24,28,34-36,42,44,46-48H,3-13,17,20-21,23,25-27,29-33,37-38H2,1-2H3,(H,63,73)(H,64,68,72)/t42-,44-,46?,47?,48-/m0/s1. The van der Waals surface area contributed by atoms with Gasteiger partial charge < -0.3 is 33.5 Å². The Morgan fingerprint density at radius 2 is 1.53 bits per heavy atom. The Bertz CT molecular complexity index is 3120. The Morgan fingerprint density at radius 3 is 2.20 bits per heavy atom. The molecule has 5 aliphatic rings. The van der Waals surface area contributed by atoms with Crippen molar-refractivity contribution in [3.8, 4) is 5.75 Å². The number of fused-ring (bicyclic) bond motifs is 2. The van der Waals surface area contributed by atoms with Gasteiger partial charge in [-0.2, -0.15) is 8.78 Å². The van der Waals surface area contributed by atoms with Crippen LogP contribution in [0.5, 0.6) is 5.75 Å². The zero-order valence-electron chi connectivity index (χ0n) is 47.1.